The third kappa shape index (κ3) is 2.21. The second kappa shape index (κ2) is 4.45. The van der Waals surface area contributed by atoms with Crippen molar-refractivity contribution in [3.05, 3.63) is 5.82 Å². The first-order valence-electron chi connectivity index (χ1n) is 7.96. The van der Waals surface area contributed by atoms with Crippen molar-refractivity contribution in [2.75, 3.05) is 19.3 Å². The first kappa shape index (κ1) is 13.1. The molecule has 6 heteroatoms. The highest BCUT2D eigenvalue weighted by atomic mass is 16.2. The number of nitrogens with one attached hydrogen (secondary N) is 1. The third-order valence-corrected chi connectivity index (χ3v) is 5.79. The average Bonchev–Trinajstić information content (AvgIpc) is 2.82. The zero-order chi connectivity index (χ0) is 14.6. The van der Waals surface area contributed by atoms with E-state index in [9.17, 15) is 4.79 Å². The Morgan fingerprint density at radius 3 is 2.33 bits per heavy atom. The quantitative estimate of drug-likeness (QED) is 0.886. The van der Waals surface area contributed by atoms with E-state index in [1.165, 1.54) is 38.5 Å². The molecule has 4 aliphatic carbocycles. The monoisotopic (exact) mass is 289 g/mol. The highest BCUT2D eigenvalue weighted by Gasteiger charge is 2.51. The van der Waals surface area contributed by atoms with E-state index in [1.54, 1.807) is 0 Å². The molecule has 114 valence electrons. The molecule has 3 N–H and O–H groups in total. The number of hydrogen-bond acceptors (Lipinski definition) is 4. The van der Waals surface area contributed by atoms with Gasteiger partial charge in [0.1, 0.15) is 0 Å². The molecule has 1 amide bonds. The van der Waals surface area contributed by atoms with Crippen molar-refractivity contribution in [1.29, 1.82) is 0 Å². The summed E-state index contributed by atoms with van der Waals surface area (Å²) >= 11 is 0. The van der Waals surface area contributed by atoms with Crippen LogP contribution in [0.15, 0.2) is 0 Å². The number of aromatic amines is 1. The van der Waals surface area contributed by atoms with Crippen molar-refractivity contribution in [3.63, 3.8) is 0 Å². The van der Waals surface area contributed by atoms with Gasteiger partial charge in [-0.2, -0.15) is 4.98 Å². The van der Waals surface area contributed by atoms with Crippen molar-refractivity contribution in [3.8, 4) is 0 Å². The second-order valence-electron chi connectivity index (χ2n) is 7.62. The molecule has 0 radical (unpaired) electrons. The van der Waals surface area contributed by atoms with E-state index < -0.39 is 0 Å². The third-order valence-electron chi connectivity index (χ3n) is 5.79. The van der Waals surface area contributed by atoms with Gasteiger partial charge >= 0.3 is 0 Å². The van der Waals surface area contributed by atoms with Crippen LogP contribution in [0.5, 0.6) is 0 Å². The summed E-state index contributed by atoms with van der Waals surface area (Å²) in [6, 6.07) is 0. The minimum absolute atomic E-state index is 0.102. The summed E-state index contributed by atoms with van der Waals surface area (Å²) in [5.41, 5.74) is 5.83. The Bertz CT molecular complexity index is 531. The Labute approximate surface area is 124 Å². The standard InChI is InChI=1S/C15H23N5O/c1-20(13(21)12-17-14(16)19-18-12)8-15-5-9-2-10(6-15)4-11(3-9)7-15/h9-11H,2-8H2,1H3,(H3,16,17,18,19). The lowest BCUT2D eigenvalue weighted by atomic mass is 9.49. The van der Waals surface area contributed by atoms with Gasteiger partial charge in [-0.15, -0.1) is 5.10 Å². The fourth-order valence-electron chi connectivity index (χ4n) is 5.61. The number of nitrogens with two attached hydrogens (primary N) is 1. The molecule has 0 spiro atoms. The van der Waals surface area contributed by atoms with Gasteiger partial charge in [-0.05, 0) is 61.7 Å². The fourth-order valence-corrected chi connectivity index (χ4v) is 5.61. The van der Waals surface area contributed by atoms with Gasteiger partial charge in [-0.3, -0.25) is 9.89 Å². The number of rotatable bonds is 3. The molecule has 5 rings (SSSR count). The highest BCUT2D eigenvalue weighted by molar-refractivity contribution is 5.90. The van der Waals surface area contributed by atoms with Crippen molar-refractivity contribution in [1.82, 2.24) is 20.1 Å². The summed E-state index contributed by atoms with van der Waals surface area (Å²) in [5, 5.41) is 6.36. The molecule has 4 aliphatic rings. The number of carbonyl (C=O) groups excluding carboxylic acids is 1. The maximum Gasteiger partial charge on any atom is 0.291 e. The summed E-state index contributed by atoms with van der Waals surface area (Å²) in [4.78, 5) is 18.2. The van der Waals surface area contributed by atoms with E-state index in [2.05, 4.69) is 15.2 Å². The lowest BCUT2D eigenvalue weighted by Gasteiger charge is -2.57. The van der Waals surface area contributed by atoms with Gasteiger partial charge in [-0.1, -0.05) is 0 Å². The van der Waals surface area contributed by atoms with Crippen LogP contribution in [-0.2, 0) is 0 Å². The van der Waals surface area contributed by atoms with Crippen LogP contribution in [0, 0.1) is 23.2 Å². The molecular weight excluding hydrogens is 266 g/mol. The van der Waals surface area contributed by atoms with Crippen LogP contribution < -0.4 is 5.73 Å². The summed E-state index contributed by atoms with van der Waals surface area (Å²) in [6.45, 7) is 0.843. The number of nitrogen functional groups attached to an aromatic ring is 1. The number of carbonyl (C=O) groups is 1. The van der Waals surface area contributed by atoms with Crippen LogP contribution in [0.2, 0.25) is 0 Å². The predicted molar refractivity (Wildman–Crippen MR) is 78.4 cm³/mol. The minimum atomic E-state index is -0.102. The highest BCUT2D eigenvalue weighted by Crippen LogP contribution is 2.60. The molecule has 4 bridgehead atoms. The molecule has 0 aromatic carbocycles. The number of hydrogen-bond donors (Lipinski definition) is 2. The van der Waals surface area contributed by atoms with E-state index in [0.29, 0.717) is 5.41 Å². The van der Waals surface area contributed by atoms with Gasteiger partial charge in [0.05, 0.1) is 0 Å². The van der Waals surface area contributed by atoms with E-state index in [0.717, 1.165) is 24.3 Å². The minimum Gasteiger partial charge on any atom is -0.366 e. The Hall–Kier alpha value is -1.59. The number of anilines is 1. The lowest BCUT2D eigenvalue weighted by molar-refractivity contribution is -0.0629. The maximum absolute atomic E-state index is 12.4. The molecular formula is C15H23N5O. The van der Waals surface area contributed by atoms with E-state index >= 15 is 0 Å². The Morgan fingerprint density at radius 1 is 1.29 bits per heavy atom. The number of aromatic nitrogens is 3. The van der Waals surface area contributed by atoms with Crippen molar-refractivity contribution >= 4 is 11.9 Å². The summed E-state index contributed by atoms with van der Waals surface area (Å²) < 4.78 is 0. The predicted octanol–water partition coefficient (Wildman–Crippen LogP) is 1.68. The number of H-pyrrole nitrogens is 1. The Balaban J connectivity index is 1.49. The van der Waals surface area contributed by atoms with Gasteiger partial charge in [0, 0.05) is 13.6 Å². The Kier molecular flexibility index (Phi) is 2.78. The van der Waals surface area contributed by atoms with Crippen LogP contribution in [0.1, 0.15) is 49.1 Å². The molecule has 0 aliphatic heterocycles. The first-order valence-corrected chi connectivity index (χ1v) is 7.96. The van der Waals surface area contributed by atoms with E-state index in [4.69, 9.17) is 5.73 Å². The van der Waals surface area contributed by atoms with Gasteiger partial charge < -0.3 is 10.6 Å². The van der Waals surface area contributed by atoms with Gasteiger partial charge in [0.25, 0.3) is 5.91 Å². The SMILES string of the molecule is CN(CC12CC3CC(CC(C3)C1)C2)C(=O)c1nc(N)n[nH]1. The smallest absolute Gasteiger partial charge is 0.291 e. The fraction of sp³-hybridized carbons (Fsp3) is 0.800. The second-order valence-corrected chi connectivity index (χ2v) is 7.62. The van der Waals surface area contributed by atoms with Crippen LogP contribution in [0.25, 0.3) is 0 Å². The number of amides is 1. The molecule has 1 aromatic heterocycles. The van der Waals surface area contributed by atoms with Gasteiger partial charge in [0.15, 0.2) is 0 Å². The number of nitrogens with zero attached hydrogens (tertiary/aromatic N) is 3. The largest absolute Gasteiger partial charge is 0.366 e. The molecule has 6 nitrogen and oxygen atoms in total. The normalized spacial score (nSPS) is 36.9. The zero-order valence-electron chi connectivity index (χ0n) is 12.5. The van der Waals surface area contributed by atoms with Crippen molar-refractivity contribution in [2.24, 2.45) is 23.2 Å². The van der Waals surface area contributed by atoms with Gasteiger partial charge in [-0.25, -0.2) is 0 Å². The summed E-state index contributed by atoms with van der Waals surface area (Å²) in [5.74, 6) is 2.98. The van der Waals surface area contributed by atoms with Gasteiger partial charge in [0.2, 0.25) is 11.8 Å². The van der Waals surface area contributed by atoms with Crippen molar-refractivity contribution < 1.29 is 4.79 Å². The Morgan fingerprint density at radius 2 is 1.86 bits per heavy atom. The maximum atomic E-state index is 12.4. The van der Waals surface area contributed by atoms with E-state index in [-0.39, 0.29) is 17.7 Å². The molecule has 21 heavy (non-hydrogen) atoms. The van der Waals surface area contributed by atoms with Crippen LogP contribution >= 0.6 is 0 Å². The van der Waals surface area contributed by atoms with Crippen LogP contribution in [0.4, 0.5) is 5.95 Å². The molecule has 0 saturated heterocycles. The molecule has 1 heterocycles. The molecule has 0 unspecified atom stereocenters. The molecule has 4 saturated carbocycles. The molecule has 1 aromatic rings. The molecule has 4 fully saturated rings. The van der Waals surface area contributed by atoms with Crippen molar-refractivity contribution in [2.45, 2.75) is 38.5 Å². The molecule has 0 atom stereocenters. The average molecular weight is 289 g/mol. The topological polar surface area (TPSA) is 87.9 Å². The first-order chi connectivity index (χ1) is 10.0. The summed E-state index contributed by atoms with van der Waals surface area (Å²) in [6.07, 6.45) is 8.18. The van der Waals surface area contributed by atoms with Crippen LogP contribution in [0.3, 0.4) is 0 Å². The summed E-state index contributed by atoms with van der Waals surface area (Å²) in [7, 11) is 1.87. The zero-order valence-corrected chi connectivity index (χ0v) is 12.5. The van der Waals surface area contributed by atoms with Crippen LogP contribution in [-0.4, -0.2) is 39.6 Å². The lowest BCUT2D eigenvalue weighted by Crippen LogP contribution is -2.51. The van der Waals surface area contributed by atoms with E-state index in [1.807, 2.05) is 11.9 Å².